The highest BCUT2D eigenvalue weighted by Crippen LogP contribution is 2.32. The number of benzene rings is 1. The lowest BCUT2D eigenvalue weighted by Crippen LogP contribution is -2.37. The molecular weight excluding hydrogens is 358 g/mol. The summed E-state index contributed by atoms with van der Waals surface area (Å²) in [5, 5.41) is 2.80. The van der Waals surface area contributed by atoms with Crippen molar-refractivity contribution in [3.05, 3.63) is 50.8 Å². The molecule has 0 bridgehead atoms. The molecule has 0 spiro atoms. The molecule has 1 aliphatic rings. The SMILES string of the molecule is Cn1c(CSCC(=O)Nc2ccc3c(c2)OCCO3)cc(=O)n(C)c1=O. The third-order valence-electron chi connectivity index (χ3n) is 3.93. The van der Waals surface area contributed by atoms with Crippen LogP contribution < -0.4 is 26.0 Å². The van der Waals surface area contributed by atoms with E-state index >= 15 is 0 Å². The third-order valence-corrected chi connectivity index (χ3v) is 4.90. The molecule has 1 aromatic carbocycles. The first-order valence-electron chi connectivity index (χ1n) is 7.99. The molecule has 1 amide bonds. The van der Waals surface area contributed by atoms with E-state index in [0.29, 0.717) is 41.8 Å². The van der Waals surface area contributed by atoms with E-state index in [1.54, 1.807) is 25.2 Å². The minimum atomic E-state index is -0.381. The minimum Gasteiger partial charge on any atom is -0.486 e. The molecule has 2 heterocycles. The molecule has 9 heteroatoms. The number of nitrogens with one attached hydrogen (secondary N) is 1. The summed E-state index contributed by atoms with van der Waals surface area (Å²) in [4.78, 5) is 35.7. The van der Waals surface area contributed by atoms with Crippen LogP contribution in [0.15, 0.2) is 33.9 Å². The van der Waals surface area contributed by atoms with Crippen LogP contribution in [0, 0.1) is 0 Å². The van der Waals surface area contributed by atoms with Crippen molar-refractivity contribution in [2.75, 3.05) is 24.3 Å². The van der Waals surface area contributed by atoms with E-state index in [-0.39, 0.29) is 22.9 Å². The minimum absolute atomic E-state index is 0.180. The van der Waals surface area contributed by atoms with Gasteiger partial charge in [-0.05, 0) is 12.1 Å². The summed E-state index contributed by atoms with van der Waals surface area (Å²) in [7, 11) is 3.04. The molecule has 0 unspecified atom stereocenters. The van der Waals surface area contributed by atoms with Gasteiger partial charge in [0.1, 0.15) is 13.2 Å². The molecule has 0 radical (unpaired) electrons. The lowest BCUT2D eigenvalue weighted by molar-refractivity contribution is -0.113. The van der Waals surface area contributed by atoms with Crippen LogP contribution in [0.3, 0.4) is 0 Å². The van der Waals surface area contributed by atoms with Crippen LogP contribution in [0.5, 0.6) is 11.5 Å². The van der Waals surface area contributed by atoms with Crippen LogP contribution in [-0.4, -0.2) is 34.0 Å². The van der Waals surface area contributed by atoms with E-state index in [4.69, 9.17) is 9.47 Å². The van der Waals surface area contributed by atoms with Crippen LogP contribution in [0.2, 0.25) is 0 Å². The average Bonchev–Trinajstić information content (AvgIpc) is 2.64. The van der Waals surface area contributed by atoms with Crippen molar-refractivity contribution in [3.8, 4) is 11.5 Å². The quantitative estimate of drug-likeness (QED) is 0.826. The lowest BCUT2D eigenvalue weighted by Gasteiger charge is -2.19. The van der Waals surface area contributed by atoms with E-state index < -0.39 is 0 Å². The number of hydrogen-bond donors (Lipinski definition) is 1. The highest BCUT2D eigenvalue weighted by molar-refractivity contribution is 7.99. The Balaban J connectivity index is 1.57. The monoisotopic (exact) mass is 377 g/mol. The maximum Gasteiger partial charge on any atom is 0.330 e. The lowest BCUT2D eigenvalue weighted by atomic mass is 10.2. The summed E-state index contributed by atoms with van der Waals surface area (Å²) in [6, 6.07) is 6.64. The van der Waals surface area contributed by atoms with Crippen molar-refractivity contribution in [2.24, 2.45) is 14.1 Å². The number of ether oxygens (including phenoxy) is 2. The van der Waals surface area contributed by atoms with Gasteiger partial charge in [-0.15, -0.1) is 11.8 Å². The molecule has 1 N–H and O–H groups in total. The number of carbonyl (C=O) groups is 1. The first-order valence-corrected chi connectivity index (χ1v) is 9.14. The third kappa shape index (κ3) is 3.93. The first kappa shape index (κ1) is 18.1. The molecule has 2 aromatic rings. The molecule has 8 nitrogen and oxygen atoms in total. The Morgan fingerprint density at radius 2 is 1.85 bits per heavy atom. The normalized spacial score (nSPS) is 12.7. The number of anilines is 1. The maximum absolute atomic E-state index is 12.1. The van der Waals surface area contributed by atoms with Gasteiger partial charge in [0.15, 0.2) is 11.5 Å². The topological polar surface area (TPSA) is 91.6 Å². The Bertz CT molecular complexity index is 950. The van der Waals surface area contributed by atoms with Gasteiger partial charge in [0.2, 0.25) is 5.91 Å². The first-order chi connectivity index (χ1) is 12.5. The van der Waals surface area contributed by atoms with Crippen molar-refractivity contribution >= 4 is 23.4 Å². The zero-order valence-corrected chi connectivity index (χ0v) is 15.3. The number of fused-ring (bicyclic) bond motifs is 1. The van der Waals surface area contributed by atoms with Gasteiger partial charge in [-0.2, -0.15) is 0 Å². The fourth-order valence-electron chi connectivity index (χ4n) is 2.48. The molecule has 0 saturated heterocycles. The predicted molar refractivity (Wildman–Crippen MR) is 99.1 cm³/mol. The Morgan fingerprint density at radius 3 is 2.62 bits per heavy atom. The molecule has 138 valence electrons. The van der Waals surface area contributed by atoms with Crippen molar-refractivity contribution in [2.45, 2.75) is 5.75 Å². The Morgan fingerprint density at radius 1 is 1.12 bits per heavy atom. The summed E-state index contributed by atoms with van der Waals surface area (Å²) >= 11 is 1.32. The Labute approximate surface area is 153 Å². The molecule has 1 aromatic heterocycles. The van der Waals surface area contributed by atoms with Gasteiger partial charge in [0.25, 0.3) is 5.56 Å². The van der Waals surface area contributed by atoms with Crippen LogP contribution in [-0.2, 0) is 24.6 Å². The van der Waals surface area contributed by atoms with Gasteiger partial charge in [-0.1, -0.05) is 0 Å². The molecule has 0 saturated carbocycles. The smallest absolute Gasteiger partial charge is 0.330 e. The predicted octanol–water partition coefficient (Wildman–Crippen LogP) is 0.727. The van der Waals surface area contributed by atoms with Crippen LogP contribution in [0.4, 0.5) is 5.69 Å². The Hall–Kier alpha value is -2.68. The second kappa shape index (κ2) is 7.69. The van der Waals surface area contributed by atoms with Crippen molar-refractivity contribution in [1.29, 1.82) is 0 Å². The molecule has 1 aliphatic heterocycles. The zero-order chi connectivity index (χ0) is 18.7. The summed E-state index contributed by atoms with van der Waals surface area (Å²) < 4.78 is 13.4. The summed E-state index contributed by atoms with van der Waals surface area (Å²) in [5.41, 5.74) is 0.467. The second-order valence-corrected chi connectivity index (χ2v) is 6.76. The van der Waals surface area contributed by atoms with Gasteiger partial charge >= 0.3 is 5.69 Å². The molecule has 0 aliphatic carbocycles. The van der Waals surface area contributed by atoms with E-state index in [9.17, 15) is 14.4 Å². The summed E-state index contributed by atoms with van der Waals surface area (Å²) in [5.74, 6) is 1.67. The fraction of sp³-hybridized carbons (Fsp3) is 0.353. The van der Waals surface area contributed by atoms with E-state index in [2.05, 4.69) is 5.32 Å². The molecule has 0 fully saturated rings. The average molecular weight is 377 g/mol. The Kier molecular flexibility index (Phi) is 5.36. The zero-order valence-electron chi connectivity index (χ0n) is 14.5. The summed E-state index contributed by atoms with van der Waals surface area (Å²) in [6.45, 7) is 0.996. The molecule has 0 atom stereocenters. The van der Waals surface area contributed by atoms with Crippen molar-refractivity contribution < 1.29 is 14.3 Å². The van der Waals surface area contributed by atoms with Crippen LogP contribution in [0.25, 0.3) is 0 Å². The number of nitrogens with zero attached hydrogens (tertiary/aromatic N) is 2. The number of thioether (sulfide) groups is 1. The van der Waals surface area contributed by atoms with Gasteiger partial charge in [0, 0.05) is 43.4 Å². The molecular formula is C17H19N3O5S. The molecule has 3 rings (SSSR count). The fourth-order valence-corrected chi connectivity index (χ4v) is 3.33. The number of amides is 1. The van der Waals surface area contributed by atoms with Crippen LogP contribution in [0.1, 0.15) is 5.69 Å². The second-order valence-electron chi connectivity index (χ2n) is 5.77. The van der Waals surface area contributed by atoms with Gasteiger partial charge in [0.05, 0.1) is 5.75 Å². The number of rotatable bonds is 5. The highest BCUT2D eigenvalue weighted by Gasteiger charge is 2.13. The number of carbonyl (C=O) groups excluding carboxylic acids is 1. The standard InChI is InChI=1S/C17H19N3O5S/c1-19-12(8-16(22)20(2)17(19)23)9-26-10-15(21)18-11-3-4-13-14(7-11)25-6-5-24-13/h3-4,7-8H,5-6,9-10H2,1-2H3,(H,18,21). The van der Waals surface area contributed by atoms with E-state index in [1.807, 2.05) is 0 Å². The van der Waals surface area contributed by atoms with Crippen LogP contribution >= 0.6 is 11.8 Å². The van der Waals surface area contributed by atoms with E-state index in [0.717, 1.165) is 4.57 Å². The van der Waals surface area contributed by atoms with Gasteiger partial charge in [-0.25, -0.2) is 4.79 Å². The highest BCUT2D eigenvalue weighted by atomic mass is 32.2. The number of aromatic nitrogens is 2. The van der Waals surface area contributed by atoms with Gasteiger partial charge < -0.3 is 14.8 Å². The van der Waals surface area contributed by atoms with Crippen molar-refractivity contribution in [1.82, 2.24) is 9.13 Å². The summed E-state index contributed by atoms with van der Waals surface area (Å²) in [6.07, 6.45) is 0. The number of hydrogen-bond acceptors (Lipinski definition) is 6. The maximum atomic E-state index is 12.1. The van der Waals surface area contributed by atoms with E-state index in [1.165, 1.54) is 29.4 Å². The largest absolute Gasteiger partial charge is 0.486 e. The van der Waals surface area contributed by atoms with Gasteiger partial charge in [-0.3, -0.25) is 18.7 Å². The van der Waals surface area contributed by atoms with Crippen molar-refractivity contribution in [3.63, 3.8) is 0 Å². The molecule has 26 heavy (non-hydrogen) atoms.